The van der Waals surface area contributed by atoms with Gasteiger partial charge in [0.2, 0.25) is 5.91 Å². The number of likely N-dealkylation sites (N-methyl/N-ethyl adjacent to an activating group) is 1. The van der Waals surface area contributed by atoms with Crippen molar-refractivity contribution in [3.05, 3.63) is 0 Å². The molecule has 0 aliphatic rings. The van der Waals surface area contributed by atoms with E-state index in [0.717, 1.165) is 12.8 Å². The Hall–Kier alpha value is -0.900. The SMILES string of the molecule is CCNCC(=O)NCC=N. The molecular weight excluding hydrogens is 130 g/mol. The Morgan fingerprint density at radius 3 is 2.90 bits per heavy atom. The van der Waals surface area contributed by atoms with Crippen LogP contribution in [0.5, 0.6) is 0 Å². The van der Waals surface area contributed by atoms with Crippen LogP contribution in [0.25, 0.3) is 0 Å². The van der Waals surface area contributed by atoms with Gasteiger partial charge in [-0.05, 0) is 6.54 Å². The Labute approximate surface area is 60.5 Å². The lowest BCUT2D eigenvalue weighted by atomic mass is 10.5. The molecule has 0 rings (SSSR count). The summed E-state index contributed by atoms with van der Waals surface area (Å²) in [5.41, 5.74) is 0. The van der Waals surface area contributed by atoms with E-state index < -0.39 is 0 Å². The van der Waals surface area contributed by atoms with E-state index in [1.807, 2.05) is 6.92 Å². The number of carbonyl (C=O) groups is 1. The Morgan fingerprint density at radius 1 is 1.70 bits per heavy atom. The molecular formula is C6H13N3O. The molecule has 58 valence electrons. The maximum Gasteiger partial charge on any atom is 0.234 e. The van der Waals surface area contributed by atoms with Gasteiger partial charge in [0.25, 0.3) is 0 Å². The van der Waals surface area contributed by atoms with Crippen LogP contribution in [-0.4, -0.2) is 31.8 Å². The highest BCUT2D eigenvalue weighted by molar-refractivity contribution is 5.80. The lowest BCUT2D eigenvalue weighted by molar-refractivity contribution is -0.119. The van der Waals surface area contributed by atoms with Crippen LogP contribution in [0.1, 0.15) is 6.92 Å². The molecule has 0 spiro atoms. The summed E-state index contributed by atoms with van der Waals surface area (Å²) in [5.74, 6) is -0.0645. The van der Waals surface area contributed by atoms with Gasteiger partial charge in [-0.2, -0.15) is 0 Å². The zero-order chi connectivity index (χ0) is 7.82. The van der Waals surface area contributed by atoms with Crippen LogP contribution in [0, 0.1) is 5.41 Å². The molecule has 0 aliphatic carbocycles. The first-order valence-corrected chi connectivity index (χ1v) is 3.27. The molecule has 0 atom stereocenters. The van der Waals surface area contributed by atoms with Gasteiger partial charge in [0, 0.05) is 6.21 Å². The van der Waals surface area contributed by atoms with Crippen LogP contribution in [0.15, 0.2) is 0 Å². The van der Waals surface area contributed by atoms with Gasteiger partial charge in [0.05, 0.1) is 13.1 Å². The summed E-state index contributed by atoms with van der Waals surface area (Å²) >= 11 is 0. The predicted octanol–water partition coefficient (Wildman–Crippen LogP) is -0.638. The molecule has 3 N–H and O–H groups in total. The van der Waals surface area contributed by atoms with Gasteiger partial charge >= 0.3 is 0 Å². The minimum absolute atomic E-state index is 0.0645. The average molecular weight is 143 g/mol. The summed E-state index contributed by atoms with van der Waals surface area (Å²) in [6.07, 6.45) is 1.16. The highest BCUT2D eigenvalue weighted by Crippen LogP contribution is 1.61. The van der Waals surface area contributed by atoms with E-state index in [2.05, 4.69) is 10.6 Å². The van der Waals surface area contributed by atoms with Crippen LogP contribution in [0.3, 0.4) is 0 Å². The maximum absolute atomic E-state index is 10.7. The first kappa shape index (κ1) is 9.10. The van der Waals surface area contributed by atoms with Crippen molar-refractivity contribution in [2.45, 2.75) is 6.92 Å². The first-order chi connectivity index (χ1) is 4.81. The lowest BCUT2D eigenvalue weighted by Gasteiger charge is -2.00. The Morgan fingerprint density at radius 2 is 2.40 bits per heavy atom. The van der Waals surface area contributed by atoms with Crippen molar-refractivity contribution in [1.82, 2.24) is 10.6 Å². The smallest absolute Gasteiger partial charge is 0.234 e. The molecule has 0 saturated carbocycles. The van der Waals surface area contributed by atoms with E-state index in [9.17, 15) is 4.79 Å². The number of hydrogen-bond donors (Lipinski definition) is 3. The Bertz CT molecular complexity index is 114. The van der Waals surface area contributed by atoms with Crippen LogP contribution < -0.4 is 10.6 Å². The molecule has 4 heteroatoms. The summed E-state index contributed by atoms with van der Waals surface area (Å²) in [4.78, 5) is 10.7. The number of carbonyl (C=O) groups excluding carboxylic acids is 1. The third kappa shape index (κ3) is 5.24. The second-order valence-corrected chi connectivity index (χ2v) is 1.79. The summed E-state index contributed by atoms with van der Waals surface area (Å²) in [5, 5.41) is 12.0. The van der Waals surface area contributed by atoms with Crippen LogP contribution in [0.4, 0.5) is 0 Å². The number of rotatable bonds is 5. The van der Waals surface area contributed by atoms with Gasteiger partial charge in [0.15, 0.2) is 0 Å². The molecule has 0 aromatic rings. The van der Waals surface area contributed by atoms with Crippen molar-refractivity contribution in [2.75, 3.05) is 19.6 Å². The van der Waals surface area contributed by atoms with Gasteiger partial charge in [-0.3, -0.25) is 4.79 Å². The lowest BCUT2D eigenvalue weighted by Crippen LogP contribution is -2.34. The van der Waals surface area contributed by atoms with Crippen molar-refractivity contribution >= 4 is 12.1 Å². The van der Waals surface area contributed by atoms with E-state index in [-0.39, 0.29) is 5.91 Å². The van der Waals surface area contributed by atoms with Gasteiger partial charge in [-0.15, -0.1) is 0 Å². The van der Waals surface area contributed by atoms with Gasteiger partial charge < -0.3 is 16.0 Å². The number of amides is 1. The molecule has 0 radical (unpaired) electrons. The summed E-state index contributed by atoms with van der Waals surface area (Å²) in [6, 6.07) is 0. The fraction of sp³-hybridized carbons (Fsp3) is 0.667. The van der Waals surface area contributed by atoms with E-state index in [4.69, 9.17) is 5.41 Å². The average Bonchev–Trinajstić information content (AvgIpc) is 1.97. The first-order valence-electron chi connectivity index (χ1n) is 3.27. The van der Waals surface area contributed by atoms with E-state index in [1.165, 1.54) is 0 Å². The molecule has 0 fully saturated rings. The van der Waals surface area contributed by atoms with Crippen molar-refractivity contribution in [2.24, 2.45) is 0 Å². The van der Waals surface area contributed by atoms with Crippen LogP contribution in [-0.2, 0) is 4.79 Å². The standard InChI is InChI=1S/C6H13N3O/c1-2-8-5-6(10)9-4-3-7/h3,7-8H,2,4-5H2,1H3,(H,9,10). The highest BCUT2D eigenvalue weighted by atomic mass is 16.1. The zero-order valence-corrected chi connectivity index (χ0v) is 6.11. The maximum atomic E-state index is 10.7. The monoisotopic (exact) mass is 143 g/mol. The third-order valence-corrected chi connectivity index (χ3v) is 0.937. The van der Waals surface area contributed by atoms with Crippen LogP contribution in [0.2, 0.25) is 0 Å². The largest absolute Gasteiger partial charge is 0.350 e. The molecule has 0 heterocycles. The number of nitrogens with one attached hydrogen (secondary N) is 3. The molecule has 0 bridgehead atoms. The fourth-order valence-electron chi connectivity index (χ4n) is 0.466. The summed E-state index contributed by atoms with van der Waals surface area (Å²) < 4.78 is 0. The molecule has 0 unspecified atom stereocenters. The molecule has 0 aliphatic heterocycles. The van der Waals surface area contributed by atoms with Gasteiger partial charge in [0.1, 0.15) is 0 Å². The van der Waals surface area contributed by atoms with Crippen molar-refractivity contribution in [1.29, 1.82) is 5.41 Å². The molecule has 1 amide bonds. The minimum Gasteiger partial charge on any atom is -0.350 e. The Balaban J connectivity index is 3.16. The normalized spacial score (nSPS) is 8.90. The molecule has 4 nitrogen and oxygen atoms in total. The molecule has 0 aromatic carbocycles. The van der Waals surface area contributed by atoms with E-state index >= 15 is 0 Å². The predicted molar refractivity (Wildman–Crippen MR) is 40.3 cm³/mol. The van der Waals surface area contributed by atoms with Crippen molar-refractivity contribution < 1.29 is 4.79 Å². The summed E-state index contributed by atoms with van der Waals surface area (Å²) in [6.45, 7) is 3.39. The molecule has 0 aromatic heterocycles. The minimum atomic E-state index is -0.0645. The highest BCUT2D eigenvalue weighted by Gasteiger charge is 1.94. The second kappa shape index (κ2) is 6.22. The zero-order valence-electron chi connectivity index (χ0n) is 6.11. The van der Waals surface area contributed by atoms with Gasteiger partial charge in [-0.25, -0.2) is 0 Å². The molecule has 0 saturated heterocycles. The molecule has 10 heavy (non-hydrogen) atoms. The number of hydrogen-bond acceptors (Lipinski definition) is 3. The quantitative estimate of drug-likeness (QED) is 0.448. The van der Waals surface area contributed by atoms with Crippen LogP contribution >= 0.6 is 0 Å². The van der Waals surface area contributed by atoms with Crippen molar-refractivity contribution in [3.8, 4) is 0 Å². The second-order valence-electron chi connectivity index (χ2n) is 1.79. The van der Waals surface area contributed by atoms with Gasteiger partial charge in [-0.1, -0.05) is 6.92 Å². The van der Waals surface area contributed by atoms with E-state index in [0.29, 0.717) is 13.1 Å². The Kier molecular flexibility index (Phi) is 5.66. The summed E-state index contributed by atoms with van der Waals surface area (Å²) in [7, 11) is 0. The van der Waals surface area contributed by atoms with Crippen molar-refractivity contribution in [3.63, 3.8) is 0 Å². The third-order valence-electron chi connectivity index (χ3n) is 0.937. The van der Waals surface area contributed by atoms with E-state index in [1.54, 1.807) is 0 Å². The topological polar surface area (TPSA) is 65.0 Å². The fourth-order valence-corrected chi connectivity index (χ4v) is 0.466.